The molecule has 11 heteroatoms. The number of nitrogens with zero attached hydrogens (tertiary/aromatic N) is 2. The van der Waals surface area contributed by atoms with Crippen LogP contribution < -0.4 is 14.8 Å². The highest BCUT2D eigenvalue weighted by Gasteiger charge is 2.18. The molecule has 34 heavy (non-hydrogen) atoms. The molecule has 2 aromatic heterocycles. The zero-order valence-corrected chi connectivity index (χ0v) is 20.0. The van der Waals surface area contributed by atoms with Crippen molar-refractivity contribution < 1.29 is 22.4 Å². The third-order valence-electron chi connectivity index (χ3n) is 4.76. The SMILES string of the molecule is COc1ccccc1NS(=O)(=O)c1cccc(NC(=O)c2ccc(CSc3nccn3C)o2)c1. The number of methoxy groups -OCH3 is 1. The van der Waals surface area contributed by atoms with E-state index >= 15 is 0 Å². The summed E-state index contributed by atoms with van der Waals surface area (Å²) in [6.07, 6.45) is 3.56. The minimum Gasteiger partial charge on any atom is -0.495 e. The number of carbonyl (C=O) groups excluding carboxylic acids is 1. The second kappa shape index (κ2) is 10.1. The molecule has 9 nitrogen and oxygen atoms in total. The number of furan rings is 1. The Morgan fingerprint density at radius 1 is 1.15 bits per heavy atom. The van der Waals surface area contributed by atoms with Crippen molar-refractivity contribution in [3.05, 3.63) is 84.6 Å². The fourth-order valence-electron chi connectivity index (χ4n) is 3.07. The zero-order valence-electron chi connectivity index (χ0n) is 18.4. The van der Waals surface area contributed by atoms with Gasteiger partial charge < -0.3 is 19.0 Å². The summed E-state index contributed by atoms with van der Waals surface area (Å²) in [5, 5.41) is 3.51. The summed E-state index contributed by atoms with van der Waals surface area (Å²) >= 11 is 1.49. The number of sulfonamides is 1. The topological polar surface area (TPSA) is 115 Å². The van der Waals surface area contributed by atoms with E-state index < -0.39 is 15.9 Å². The molecule has 0 fully saturated rings. The Hall–Kier alpha value is -3.70. The van der Waals surface area contributed by atoms with Crippen LogP contribution in [-0.4, -0.2) is 31.0 Å². The van der Waals surface area contributed by atoms with Crippen LogP contribution in [0, 0.1) is 0 Å². The Balaban J connectivity index is 1.43. The number of hydrogen-bond acceptors (Lipinski definition) is 7. The van der Waals surface area contributed by atoms with Gasteiger partial charge in [-0.3, -0.25) is 9.52 Å². The summed E-state index contributed by atoms with van der Waals surface area (Å²) in [7, 11) is -0.554. The maximum Gasteiger partial charge on any atom is 0.291 e. The van der Waals surface area contributed by atoms with Gasteiger partial charge in [0.25, 0.3) is 15.9 Å². The van der Waals surface area contributed by atoms with E-state index in [1.54, 1.807) is 54.7 Å². The van der Waals surface area contributed by atoms with E-state index in [1.807, 2.05) is 17.8 Å². The monoisotopic (exact) mass is 498 g/mol. The Bertz CT molecular complexity index is 1410. The average Bonchev–Trinajstić information content (AvgIpc) is 3.47. The van der Waals surface area contributed by atoms with Crippen molar-refractivity contribution in [2.75, 3.05) is 17.1 Å². The fourth-order valence-corrected chi connectivity index (χ4v) is 5.01. The number of rotatable bonds is 9. The number of aryl methyl sites for hydroxylation is 1. The predicted molar refractivity (Wildman–Crippen MR) is 130 cm³/mol. The molecule has 1 amide bonds. The number of nitrogens with one attached hydrogen (secondary N) is 2. The Morgan fingerprint density at radius 3 is 2.74 bits per heavy atom. The molecule has 4 rings (SSSR count). The molecule has 4 aromatic rings. The number of para-hydroxylation sites is 2. The second-order valence-corrected chi connectivity index (χ2v) is 9.79. The van der Waals surface area contributed by atoms with Crippen LogP contribution in [0.5, 0.6) is 5.75 Å². The summed E-state index contributed by atoms with van der Waals surface area (Å²) in [4.78, 5) is 16.9. The third kappa shape index (κ3) is 5.43. The fraction of sp³-hybridized carbons (Fsp3) is 0.130. The van der Waals surface area contributed by atoms with Gasteiger partial charge in [-0.2, -0.15) is 0 Å². The largest absolute Gasteiger partial charge is 0.495 e. The van der Waals surface area contributed by atoms with E-state index in [4.69, 9.17) is 9.15 Å². The first-order valence-corrected chi connectivity index (χ1v) is 12.6. The molecule has 176 valence electrons. The average molecular weight is 499 g/mol. The van der Waals surface area contributed by atoms with Crippen LogP contribution in [0.25, 0.3) is 0 Å². The van der Waals surface area contributed by atoms with E-state index in [1.165, 1.54) is 31.0 Å². The maximum atomic E-state index is 12.9. The number of anilines is 2. The van der Waals surface area contributed by atoms with Crippen LogP contribution >= 0.6 is 11.8 Å². The van der Waals surface area contributed by atoms with E-state index in [0.29, 0.717) is 28.6 Å². The van der Waals surface area contributed by atoms with Crippen LogP contribution in [0.1, 0.15) is 16.3 Å². The lowest BCUT2D eigenvalue weighted by Gasteiger charge is -2.12. The zero-order chi connectivity index (χ0) is 24.1. The maximum absolute atomic E-state index is 12.9. The summed E-state index contributed by atoms with van der Waals surface area (Å²) in [5.74, 6) is 1.16. The smallest absolute Gasteiger partial charge is 0.291 e. The van der Waals surface area contributed by atoms with Crippen molar-refractivity contribution >= 4 is 39.1 Å². The van der Waals surface area contributed by atoms with Gasteiger partial charge in [0.1, 0.15) is 11.5 Å². The van der Waals surface area contributed by atoms with Crippen molar-refractivity contribution in [3.8, 4) is 5.75 Å². The molecule has 0 aliphatic heterocycles. The van der Waals surface area contributed by atoms with Crippen LogP contribution in [-0.2, 0) is 22.8 Å². The highest BCUT2D eigenvalue weighted by Crippen LogP contribution is 2.27. The first kappa shape index (κ1) is 23.5. The van der Waals surface area contributed by atoms with Gasteiger partial charge in [0.2, 0.25) is 0 Å². The molecule has 0 aliphatic rings. The molecule has 2 N–H and O–H groups in total. The van der Waals surface area contributed by atoms with Crippen LogP contribution in [0.15, 0.2) is 87.5 Å². The van der Waals surface area contributed by atoms with Gasteiger partial charge >= 0.3 is 0 Å². The number of thioether (sulfide) groups is 1. The van der Waals surface area contributed by atoms with Crippen LogP contribution in [0.4, 0.5) is 11.4 Å². The quantitative estimate of drug-likeness (QED) is 0.329. The molecule has 0 radical (unpaired) electrons. The first-order valence-electron chi connectivity index (χ1n) is 10.1. The van der Waals surface area contributed by atoms with E-state index in [0.717, 1.165) is 5.16 Å². The molecule has 0 unspecified atom stereocenters. The van der Waals surface area contributed by atoms with E-state index in [2.05, 4.69) is 15.0 Å². The second-order valence-electron chi connectivity index (χ2n) is 7.16. The van der Waals surface area contributed by atoms with E-state index in [9.17, 15) is 13.2 Å². The van der Waals surface area contributed by atoms with Crippen molar-refractivity contribution in [1.82, 2.24) is 9.55 Å². The third-order valence-corrected chi connectivity index (χ3v) is 7.20. The Morgan fingerprint density at radius 2 is 1.97 bits per heavy atom. The standard InChI is InChI=1S/C23H22N4O5S2/c1-27-13-12-24-23(27)33-15-17-10-11-21(32-17)22(28)25-16-6-5-7-18(14-16)34(29,30)26-19-8-3-4-9-20(19)31-2/h3-14,26H,15H2,1-2H3,(H,25,28). The predicted octanol–water partition coefficient (Wildman–Crippen LogP) is 4.37. The summed E-state index contributed by atoms with van der Waals surface area (Å²) in [5.41, 5.74) is 0.624. The molecular formula is C23H22N4O5S2. The molecule has 0 saturated carbocycles. The van der Waals surface area contributed by atoms with Gasteiger partial charge in [0.05, 0.1) is 23.4 Å². The molecule has 0 atom stereocenters. The number of carbonyl (C=O) groups is 1. The summed E-state index contributed by atoms with van der Waals surface area (Å²) in [6.45, 7) is 0. The lowest BCUT2D eigenvalue weighted by Crippen LogP contribution is -2.15. The highest BCUT2D eigenvalue weighted by atomic mass is 32.2. The van der Waals surface area contributed by atoms with Crippen molar-refractivity contribution in [1.29, 1.82) is 0 Å². The van der Waals surface area contributed by atoms with Gasteiger partial charge in [-0.05, 0) is 42.5 Å². The minimum atomic E-state index is -3.91. The molecule has 0 saturated heterocycles. The number of benzene rings is 2. The number of aromatic nitrogens is 2. The number of hydrogen-bond donors (Lipinski definition) is 2. The molecule has 0 spiro atoms. The Labute approximate surface area is 201 Å². The number of imidazole rings is 1. The van der Waals surface area contributed by atoms with Gasteiger partial charge in [-0.1, -0.05) is 30.0 Å². The van der Waals surface area contributed by atoms with Crippen molar-refractivity contribution in [3.63, 3.8) is 0 Å². The Kier molecular flexibility index (Phi) is 6.94. The lowest BCUT2D eigenvalue weighted by molar-refractivity contribution is 0.0995. The first-order chi connectivity index (χ1) is 16.4. The molecule has 2 aromatic carbocycles. The van der Waals surface area contributed by atoms with Gasteiger partial charge in [0.15, 0.2) is 10.9 Å². The van der Waals surface area contributed by atoms with Crippen LogP contribution in [0.3, 0.4) is 0 Å². The number of amides is 1. The summed E-state index contributed by atoms with van der Waals surface area (Å²) < 4.78 is 41.0. The molecule has 0 aliphatic carbocycles. The molecule has 2 heterocycles. The van der Waals surface area contributed by atoms with Gasteiger partial charge in [-0.25, -0.2) is 13.4 Å². The lowest BCUT2D eigenvalue weighted by atomic mass is 10.3. The van der Waals surface area contributed by atoms with E-state index in [-0.39, 0.29) is 10.7 Å². The molecular weight excluding hydrogens is 476 g/mol. The normalized spacial score (nSPS) is 11.2. The van der Waals surface area contributed by atoms with Gasteiger partial charge in [0, 0.05) is 25.1 Å². The van der Waals surface area contributed by atoms with Crippen molar-refractivity contribution in [2.24, 2.45) is 7.05 Å². The van der Waals surface area contributed by atoms with Crippen LogP contribution in [0.2, 0.25) is 0 Å². The van der Waals surface area contributed by atoms with Gasteiger partial charge in [-0.15, -0.1) is 0 Å². The minimum absolute atomic E-state index is 0.0113. The summed E-state index contributed by atoms with van der Waals surface area (Å²) in [6, 6.07) is 15.9. The number of ether oxygens (including phenoxy) is 1. The van der Waals surface area contributed by atoms with Crippen molar-refractivity contribution in [2.45, 2.75) is 15.8 Å². The highest BCUT2D eigenvalue weighted by molar-refractivity contribution is 7.98. The molecule has 0 bridgehead atoms.